The van der Waals surface area contributed by atoms with Crippen LogP contribution in [0.1, 0.15) is 34.5 Å². The van der Waals surface area contributed by atoms with Crippen molar-refractivity contribution in [2.45, 2.75) is 30.6 Å². The number of thioether (sulfide) groups is 1. The van der Waals surface area contributed by atoms with Gasteiger partial charge in [0, 0.05) is 33.4 Å². The molecule has 0 atom stereocenters. The zero-order chi connectivity index (χ0) is 22.7. The van der Waals surface area contributed by atoms with Gasteiger partial charge in [0.2, 0.25) is 0 Å². The van der Waals surface area contributed by atoms with Gasteiger partial charge in [0.05, 0.1) is 31.4 Å². The van der Waals surface area contributed by atoms with Crippen LogP contribution in [0.4, 0.5) is 5.69 Å². The summed E-state index contributed by atoms with van der Waals surface area (Å²) in [6.45, 7) is 0. The fourth-order valence-corrected chi connectivity index (χ4v) is 4.90. The first-order valence-electron chi connectivity index (χ1n) is 10.3. The molecule has 0 aliphatic heterocycles. The van der Waals surface area contributed by atoms with Crippen molar-refractivity contribution in [3.05, 3.63) is 53.2 Å². The van der Waals surface area contributed by atoms with Gasteiger partial charge >= 0.3 is 0 Å². The molecular weight excluding hydrogens is 428 g/mol. The lowest BCUT2D eigenvalue weighted by Crippen LogP contribution is -2.24. The van der Waals surface area contributed by atoms with Crippen molar-refractivity contribution in [1.29, 1.82) is 0 Å². The molecule has 3 aromatic rings. The highest BCUT2D eigenvalue weighted by atomic mass is 32.2. The Hall–Kier alpha value is -3.26. The van der Waals surface area contributed by atoms with E-state index in [1.165, 1.54) is 18.9 Å². The van der Waals surface area contributed by atoms with Gasteiger partial charge in [0.15, 0.2) is 0 Å². The highest BCUT2D eigenvalue weighted by Crippen LogP contribution is 2.36. The number of rotatable bonds is 7. The lowest BCUT2D eigenvalue weighted by atomic mass is 9.94. The Balaban J connectivity index is 1.69. The van der Waals surface area contributed by atoms with E-state index in [2.05, 4.69) is 5.32 Å². The number of aliphatic carboxylic acids is 1. The van der Waals surface area contributed by atoms with Gasteiger partial charge in [0.1, 0.15) is 11.5 Å². The van der Waals surface area contributed by atoms with Gasteiger partial charge in [-0.15, -0.1) is 11.8 Å². The molecule has 8 heteroatoms. The Bertz CT molecular complexity index is 1190. The fraction of sp³-hybridized carbons (Fsp3) is 0.292. The number of aryl methyl sites for hydroxylation is 1. The number of nitrogens with zero attached hydrogens (tertiary/aromatic N) is 1. The number of carbonyl (C=O) groups is 2. The maximum Gasteiger partial charge on any atom is 0.255 e. The number of amides is 1. The summed E-state index contributed by atoms with van der Waals surface area (Å²) in [5.41, 5.74) is 3.77. The lowest BCUT2D eigenvalue weighted by Gasteiger charge is -2.21. The van der Waals surface area contributed by atoms with Gasteiger partial charge in [-0.2, -0.15) is 0 Å². The second-order valence-electron chi connectivity index (χ2n) is 7.49. The molecule has 0 unspecified atom stereocenters. The van der Waals surface area contributed by atoms with Gasteiger partial charge in [0.25, 0.3) is 5.91 Å². The highest BCUT2D eigenvalue weighted by molar-refractivity contribution is 8.00. The predicted molar refractivity (Wildman–Crippen MR) is 122 cm³/mol. The average Bonchev–Trinajstić information content (AvgIpc) is 2.81. The molecule has 0 radical (unpaired) electrons. The first kappa shape index (κ1) is 22.0. The van der Waals surface area contributed by atoms with Gasteiger partial charge in [-0.25, -0.2) is 0 Å². The molecule has 1 aromatic heterocycles. The number of fused-ring (bicyclic) bond motifs is 2. The molecule has 32 heavy (non-hydrogen) atoms. The molecule has 166 valence electrons. The third kappa shape index (κ3) is 4.50. The van der Waals surface area contributed by atoms with Crippen molar-refractivity contribution < 1.29 is 24.2 Å². The largest absolute Gasteiger partial charge is 0.549 e. The average molecular weight is 452 g/mol. The van der Waals surface area contributed by atoms with E-state index in [4.69, 9.17) is 14.5 Å². The molecule has 2 aromatic carbocycles. The number of pyridine rings is 1. The third-order valence-electron chi connectivity index (χ3n) is 5.46. The van der Waals surface area contributed by atoms with E-state index in [1.54, 1.807) is 37.4 Å². The number of ether oxygens (including phenoxy) is 2. The maximum absolute atomic E-state index is 13.0. The molecule has 4 rings (SSSR count). The zero-order valence-corrected chi connectivity index (χ0v) is 18.7. The van der Waals surface area contributed by atoms with Crippen LogP contribution in [0.25, 0.3) is 10.9 Å². The van der Waals surface area contributed by atoms with Crippen molar-refractivity contribution in [3.8, 4) is 11.5 Å². The van der Waals surface area contributed by atoms with Crippen LogP contribution in [0.3, 0.4) is 0 Å². The molecule has 1 amide bonds. The smallest absolute Gasteiger partial charge is 0.255 e. The molecule has 1 N–H and O–H groups in total. The van der Waals surface area contributed by atoms with Crippen molar-refractivity contribution in [3.63, 3.8) is 0 Å². The number of nitrogens with one attached hydrogen (secondary N) is 1. The third-order valence-corrected chi connectivity index (χ3v) is 6.60. The topological polar surface area (TPSA) is 101 Å². The number of benzene rings is 2. The summed E-state index contributed by atoms with van der Waals surface area (Å²) in [4.78, 5) is 29.8. The Morgan fingerprint density at radius 1 is 1.09 bits per heavy atom. The normalized spacial score (nSPS) is 12.8. The first-order valence-corrected chi connectivity index (χ1v) is 11.3. The van der Waals surface area contributed by atoms with Crippen molar-refractivity contribution in [2.24, 2.45) is 0 Å². The summed E-state index contributed by atoms with van der Waals surface area (Å²) < 4.78 is 10.6. The van der Waals surface area contributed by atoms with E-state index < -0.39 is 5.97 Å². The quantitative estimate of drug-likeness (QED) is 0.551. The van der Waals surface area contributed by atoms with Gasteiger partial charge < -0.3 is 24.7 Å². The van der Waals surface area contributed by atoms with Gasteiger partial charge in [-0.3, -0.25) is 9.78 Å². The number of anilines is 1. The fourth-order valence-electron chi connectivity index (χ4n) is 3.91. The standard InChI is InChI=1S/C24H24N2O5S/c1-30-15-8-10-19(21(12-15)31-2)26-24(29)14-7-9-17-20(11-14)25-18-6-4-3-5-16(18)23(17)32-13-22(27)28/h7-12H,3-6,13H2,1-2H3,(H,26,29)(H,27,28)/p-1. The summed E-state index contributed by atoms with van der Waals surface area (Å²) in [5.74, 6) is -0.397. The van der Waals surface area contributed by atoms with Crippen LogP contribution in [0.5, 0.6) is 11.5 Å². The summed E-state index contributed by atoms with van der Waals surface area (Å²) in [5, 5.41) is 14.8. The number of hydrogen-bond acceptors (Lipinski definition) is 7. The summed E-state index contributed by atoms with van der Waals surface area (Å²) in [6, 6.07) is 10.5. The minimum atomic E-state index is -1.10. The summed E-state index contributed by atoms with van der Waals surface area (Å²) >= 11 is 1.27. The molecule has 1 heterocycles. The van der Waals surface area contributed by atoms with Crippen LogP contribution in [0.15, 0.2) is 41.3 Å². The van der Waals surface area contributed by atoms with Crippen molar-refractivity contribution in [2.75, 3.05) is 25.3 Å². The van der Waals surface area contributed by atoms with Crippen LogP contribution in [0, 0.1) is 0 Å². The molecule has 0 saturated heterocycles. The molecule has 1 aliphatic rings. The van der Waals surface area contributed by atoms with E-state index in [9.17, 15) is 14.7 Å². The molecule has 0 spiro atoms. The second-order valence-corrected chi connectivity index (χ2v) is 8.47. The Morgan fingerprint density at radius 2 is 1.91 bits per heavy atom. The van der Waals surface area contributed by atoms with Crippen LogP contribution < -0.4 is 19.9 Å². The number of methoxy groups -OCH3 is 2. The lowest BCUT2D eigenvalue weighted by molar-refractivity contribution is -0.301. The highest BCUT2D eigenvalue weighted by Gasteiger charge is 2.20. The number of aromatic nitrogens is 1. The molecule has 0 bridgehead atoms. The molecular formula is C24H23N2O5S-. The van der Waals surface area contributed by atoms with E-state index in [-0.39, 0.29) is 11.7 Å². The molecule has 0 saturated carbocycles. The first-order chi connectivity index (χ1) is 15.5. The minimum absolute atomic E-state index is 0.120. The van der Waals surface area contributed by atoms with E-state index in [1.807, 2.05) is 6.07 Å². The summed E-state index contributed by atoms with van der Waals surface area (Å²) in [7, 11) is 3.09. The van der Waals surface area contributed by atoms with Gasteiger partial charge in [-0.05, 0) is 55.5 Å². The Kier molecular flexibility index (Phi) is 6.50. The van der Waals surface area contributed by atoms with E-state index in [0.717, 1.165) is 47.2 Å². The van der Waals surface area contributed by atoms with Crippen LogP contribution >= 0.6 is 11.8 Å². The molecule has 7 nitrogen and oxygen atoms in total. The van der Waals surface area contributed by atoms with Crippen LogP contribution in [-0.2, 0) is 17.6 Å². The number of carboxylic acids is 1. The number of hydrogen-bond donors (Lipinski definition) is 1. The maximum atomic E-state index is 13.0. The monoisotopic (exact) mass is 451 g/mol. The minimum Gasteiger partial charge on any atom is -0.549 e. The van der Waals surface area contributed by atoms with Crippen LogP contribution in [-0.4, -0.2) is 36.8 Å². The Morgan fingerprint density at radius 3 is 2.66 bits per heavy atom. The SMILES string of the molecule is COc1ccc(NC(=O)c2ccc3c(SCC(=O)[O-])c4c(nc3c2)CCCC4)c(OC)c1. The van der Waals surface area contributed by atoms with Crippen molar-refractivity contribution in [1.82, 2.24) is 4.98 Å². The second kappa shape index (κ2) is 9.48. The Labute approximate surface area is 190 Å². The van der Waals surface area contributed by atoms with Crippen LogP contribution in [0.2, 0.25) is 0 Å². The number of carboxylic acid groups (broad SMARTS) is 1. The zero-order valence-electron chi connectivity index (χ0n) is 17.9. The molecule has 0 fully saturated rings. The number of carbonyl (C=O) groups excluding carboxylic acids is 2. The predicted octanol–water partition coefficient (Wildman–Crippen LogP) is 3.23. The van der Waals surface area contributed by atoms with Gasteiger partial charge in [-0.1, -0.05) is 6.07 Å². The van der Waals surface area contributed by atoms with E-state index >= 15 is 0 Å². The van der Waals surface area contributed by atoms with E-state index in [0.29, 0.717) is 28.3 Å². The summed E-state index contributed by atoms with van der Waals surface area (Å²) in [6.07, 6.45) is 3.84. The van der Waals surface area contributed by atoms with Crippen molar-refractivity contribution >= 4 is 40.2 Å². The molecule has 1 aliphatic carbocycles.